The van der Waals surface area contributed by atoms with Crippen molar-refractivity contribution < 1.29 is 17.6 Å². The lowest BCUT2D eigenvalue weighted by atomic mass is 9.87. The van der Waals surface area contributed by atoms with E-state index in [4.69, 9.17) is 11.6 Å². The van der Waals surface area contributed by atoms with E-state index in [0.717, 1.165) is 24.6 Å². The lowest BCUT2D eigenvalue weighted by molar-refractivity contribution is 0.0134. The third-order valence-corrected chi connectivity index (χ3v) is 6.95. The number of halogens is 5. The summed E-state index contributed by atoms with van der Waals surface area (Å²) in [5, 5.41) is 3.12. The third kappa shape index (κ3) is 6.08. The monoisotopic (exact) mass is 511 g/mol. The van der Waals surface area contributed by atoms with Crippen molar-refractivity contribution in [2.75, 3.05) is 11.9 Å². The fraction of sp³-hybridized carbons (Fsp3) is 0.480. The number of alkyl halides is 2. The smallest absolute Gasteiger partial charge is 0.273 e. The molecule has 3 atom stereocenters. The second-order valence-corrected chi connectivity index (χ2v) is 9.98. The van der Waals surface area contributed by atoms with Crippen LogP contribution in [0, 0.1) is 17.6 Å². The van der Waals surface area contributed by atoms with Gasteiger partial charge in [0.1, 0.15) is 17.8 Å². The highest BCUT2D eigenvalue weighted by Crippen LogP contribution is 2.34. The first kappa shape index (κ1) is 25.7. The van der Waals surface area contributed by atoms with Crippen molar-refractivity contribution in [3.8, 4) is 0 Å². The van der Waals surface area contributed by atoms with Crippen LogP contribution in [-0.2, 0) is 18.9 Å². The average molecular weight is 512 g/mol. The molecule has 0 amide bonds. The number of hydrazine groups is 1. The van der Waals surface area contributed by atoms with Gasteiger partial charge in [0, 0.05) is 30.8 Å². The van der Waals surface area contributed by atoms with Gasteiger partial charge in [-0.3, -0.25) is 4.90 Å². The Bertz CT molecular complexity index is 1100. The van der Waals surface area contributed by atoms with E-state index in [2.05, 4.69) is 26.1 Å². The zero-order valence-corrected chi connectivity index (χ0v) is 20.7. The molecule has 4 rings (SSSR count). The highest BCUT2D eigenvalue weighted by molar-refractivity contribution is 6.30. The molecule has 5 nitrogen and oxygen atoms in total. The summed E-state index contributed by atoms with van der Waals surface area (Å²) in [5.41, 5.74) is 6.65. The number of hydrogen-bond acceptors (Lipinski definition) is 5. The Morgan fingerprint density at radius 2 is 2.03 bits per heavy atom. The number of nitrogens with zero attached hydrogens (tertiary/aromatic N) is 2. The van der Waals surface area contributed by atoms with E-state index in [1.54, 1.807) is 12.1 Å². The number of pyridine rings is 1. The maximum absolute atomic E-state index is 15.1. The molecule has 0 aliphatic carbocycles. The summed E-state index contributed by atoms with van der Waals surface area (Å²) in [4.78, 5) is 6.53. The van der Waals surface area contributed by atoms with E-state index >= 15 is 4.39 Å². The van der Waals surface area contributed by atoms with Gasteiger partial charge in [0.05, 0.1) is 16.3 Å². The maximum Gasteiger partial charge on any atom is 0.273 e. The average Bonchev–Trinajstić information content (AvgIpc) is 3.19. The van der Waals surface area contributed by atoms with Gasteiger partial charge in [-0.05, 0) is 63.8 Å². The largest absolute Gasteiger partial charge is 0.350 e. The van der Waals surface area contributed by atoms with Crippen molar-refractivity contribution in [2.24, 2.45) is 5.92 Å². The molecule has 2 aliphatic heterocycles. The molecule has 0 spiro atoms. The number of hydrogen-bond donors (Lipinski definition) is 3. The quantitative estimate of drug-likeness (QED) is 0.415. The minimum Gasteiger partial charge on any atom is -0.350 e. The second kappa shape index (κ2) is 10.3. The summed E-state index contributed by atoms with van der Waals surface area (Å²) in [6, 6.07) is 6.14. The van der Waals surface area contributed by atoms with Crippen LogP contribution >= 0.6 is 11.6 Å². The topological polar surface area (TPSA) is 52.2 Å². The van der Waals surface area contributed by atoms with Gasteiger partial charge in [0.25, 0.3) is 5.92 Å². The van der Waals surface area contributed by atoms with Crippen molar-refractivity contribution in [3.05, 3.63) is 69.5 Å². The molecule has 35 heavy (non-hydrogen) atoms. The van der Waals surface area contributed by atoms with Crippen LogP contribution in [0.15, 0.2) is 36.0 Å². The molecule has 2 aromatic rings. The van der Waals surface area contributed by atoms with Crippen LogP contribution in [0.25, 0.3) is 0 Å². The number of allylic oxidation sites excluding steroid dienone is 1. The van der Waals surface area contributed by atoms with Crippen LogP contribution in [-0.4, -0.2) is 28.6 Å². The lowest BCUT2D eigenvalue weighted by Crippen LogP contribution is -2.41. The first-order valence-electron chi connectivity index (χ1n) is 11.7. The number of anilines is 1. The van der Waals surface area contributed by atoms with Gasteiger partial charge in [0.15, 0.2) is 5.82 Å². The van der Waals surface area contributed by atoms with E-state index < -0.39 is 23.1 Å². The summed E-state index contributed by atoms with van der Waals surface area (Å²) >= 11 is 5.91. The summed E-state index contributed by atoms with van der Waals surface area (Å²) in [6.45, 7) is 5.69. The van der Waals surface area contributed by atoms with Crippen molar-refractivity contribution in [2.45, 2.75) is 64.7 Å². The predicted octanol–water partition coefficient (Wildman–Crippen LogP) is 5.72. The number of piperidine rings is 1. The molecule has 0 radical (unpaired) electrons. The summed E-state index contributed by atoms with van der Waals surface area (Å²) in [6.07, 6.45) is 3.18. The van der Waals surface area contributed by atoms with Crippen molar-refractivity contribution >= 4 is 17.4 Å². The van der Waals surface area contributed by atoms with E-state index in [-0.39, 0.29) is 41.1 Å². The van der Waals surface area contributed by atoms with Gasteiger partial charge >= 0.3 is 0 Å². The van der Waals surface area contributed by atoms with Crippen molar-refractivity contribution in [1.29, 1.82) is 0 Å². The molecular weight excluding hydrogens is 482 g/mol. The van der Waals surface area contributed by atoms with Crippen LogP contribution in [0.2, 0.25) is 5.02 Å². The first-order valence-corrected chi connectivity index (χ1v) is 12.1. The molecule has 3 heterocycles. The molecule has 10 heteroatoms. The van der Waals surface area contributed by atoms with Gasteiger partial charge in [-0.25, -0.2) is 28.0 Å². The number of rotatable bonds is 7. The maximum atomic E-state index is 15.1. The van der Waals surface area contributed by atoms with Crippen molar-refractivity contribution in [1.82, 2.24) is 20.7 Å². The second-order valence-electron chi connectivity index (χ2n) is 9.57. The Hall–Kier alpha value is -2.36. The number of likely N-dealkylation sites (tertiary alicyclic amines) is 1. The Kier molecular flexibility index (Phi) is 7.59. The highest BCUT2D eigenvalue weighted by atomic mass is 35.5. The number of aromatic nitrogens is 1. The molecule has 1 aromatic heterocycles. The van der Waals surface area contributed by atoms with E-state index in [1.165, 1.54) is 6.07 Å². The fourth-order valence-electron chi connectivity index (χ4n) is 4.77. The van der Waals surface area contributed by atoms with E-state index in [9.17, 15) is 13.2 Å². The van der Waals surface area contributed by atoms with Crippen molar-refractivity contribution in [3.63, 3.8) is 0 Å². The van der Waals surface area contributed by atoms with Gasteiger partial charge < -0.3 is 10.7 Å². The minimum absolute atomic E-state index is 0.0321. The van der Waals surface area contributed by atoms with Crippen LogP contribution in [0.1, 0.15) is 50.4 Å². The third-order valence-electron chi connectivity index (χ3n) is 6.65. The number of nitrogens with one attached hydrogen (secondary N) is 3. The highest BCUT2D eigenvalue weighted by Gasteiger charge is 2.33. The van der Waals surface area contributed by atoms with Crippen LogP contribution in [0.4, 0.5) is 23.4 Å². The standard InChI is InChI=1S/C25H30ClF4N5/c1-14-9-22(34-33-14)32-21-12-18(25(3,29)30)24(28)20(31-21)11-16-7-8-35(15(2)10-16)13-17-5-4-6-19(26)23(17)27/h4-6,9,12,15-16,22,33-34H,7-8,10-11,13H2,1-3H3,(H,31,32)/t15-,16?,22?/m1/s1. The van der Waals surface area contributed by atoms with Gasteiger partial charge in [-0.2, -0.15) is 0 Å². The molecule has 3 N–H and O–H groups in total. The molecule has 2 unspecified atom stereocenters. The zero-order valence-electron chi connectivity index (χ0n) is 19.9. The summed E-state index contributed by atoms with van der Waals surface area (Å²) in [5.74, 6) is -4.46. The summed E-state index contributed by atoms with van der Waals surface area (Å²) < 4.78 is 57.9. The number of benzene rings is 1. The molecule has 1 fully saturated rings. The minimum atomic E-state index is -3.34. The Labute approximate surface area is 207 Å². The molecule has 0 bridgehead atoms. The van der Waals surface area contributed by atoms with Crippen LogP contribution < -0.4 is 16.2 Å². The van der Waals surface area contributed by atoms with Crippen LogP contribution in [0.5, 0.6) is 0 Å². The molecule has 0 saturated carbocycles. The van der Waals surface area contributed by atoms with E-state index in [1.807, 2.05) is 19.9 Å². The van der Waals surface area contributed by atoms with Gasteiger partial charge in [0.2, 0.25) is 0 Å². The molecule has 190 valence electrons. The predicted molar refractivity (Wildman–Crippen MR) is 129 cm³/mol. The van der Waals surface area contributed by atoms with E-state index in [0.29, 0.717) is 25.6 Å². The SMILES string of the molecule is CC1=CC(Nc2cc(C(C)(F)F)c(F)c(CC3CCN(Cc4cccc(Cl)c4F)[C@H](C)C3)n2)NN1. The molecule has 1 saturated heterocycles. The zero-order chi connectivity index (χ0) is 25.3. The summed E-state index contributed by atoms with van der Waals surface area (Å²) in [7, 11) is 0. The fourth-order valence-corrected chi connectivity index (χ4v) is 4.97. The lowest BCUT2D eigenvalue weighted by Gasteiger charge is -2.38. The Balaban J connectivity index is 1.48. The normalized spacial score (nSPS) is 23.2. The van der Waals surface area contributed by atoms with Gasteiger partial charge in [-0.1, -0.05) is 23.7 Å². The molecular formula is C25H30ClF4N5. The van der Waals surface area contributed by atoms with Crippen LogP contribution in [0.3, 0.4) is 0 Å². The Morgan fingerprint density at radius 3 is 2.69 bits per heavy atom. The van der Waals surface area contributed by atoms with Gasteiger partial charge in [-0.15, -0.1) is 0 Å². The Morgan fingerprint density at radius 1 is 1.26 bits per heavy atom. The first-order chi connectivity index (χ1) is 16.5. The molecule has 1 aromatic carbocycles. The molecule has 2 aliphatic rings.